The molecule has 4 nitrogen and oxygen atoms in total. The third-order valence-electron chi connectivity index (χ3n) is 3.26. The summed E-state index contributed by atoms with van der Waals surface area (Å²) >= 11 is 6.14. The fourth-order valence-corrected chi connectivity index (χ4v) is 2.27. The van der Waals surface area contributed by atoms with Gasteiger partial charge in [0.2, 0.25) is 0 Å². The molecule has 0 aliphatic carbocycles. The molecule has 0 radical (unpaired) electrons. The van der Waals surface area contributed by atoms with Crippen LogP contribution in [0.1, 0.15) is 31.7 Å². The minimum absolute atomic E-state index is 0.206. The van der Waals surface area contributed by atoms with Gasteiger partial charge >= 0.3 is 0 Å². The van der Waals surface area contributed by atoms with Crippen molar-refractivity contribution in [3.05, 3.63) is 57.5 Å². The largest absolute Gasteiger partial charge is 0.382 e. The number of hydrogen-bond acceptors (Lipinski definition) is 3. The van der Waals surface area contributed by atoms with E-state index >= 15 is 0 Å². The monoisotopic (exact) mass is 305 g/mol. The average Bonchev–Trinajstić information content (AvgIpc) is 2.51. The lowest BCUT2D eigenvalue weighted by atomic mass is 10.2. The third kappa shape index (κ3) is 4.33. The van der Waals surface area contributed by atoms with Gasteiger partial charge in [0.25, 0.3) is 5.56 Å². The van der Waals surface area contributed by atoms with E-state index in [9.17, 15) is 4.79 Å². The number of halogens is 1. The number of unbranched alkanes of at least 4 members (excludes halogenated alkanes) is 2. The summed E-state index contributed by atoms with van der Waals surface area (Å²) in [5, 5.41) is 7.57. The third-order valence-corrected chi connectivity index (χ3v) is 3.62. The van der Waals surface area contributed by atoms with Crippen LogP contribution in [0.15, 0.2) is 41.3 Å². The van der Waals surface area contributed by atoms with Crippen molar-refractivity contribution >= 4 is 17.3 Å². The summed E-state index contributed by atoms with van der Waals surface area (Å²) in [4.78, 5) is 12.2. The van der Waals surface area contributed by atoms with Crippen LogP contribution >= 0.6 is 11.6 Å². The zero-order valence-corrected chi connectivity index (χ0v) is 12.9. The SMILES string of the molecule is CCCCCNc1cnn(Cc2ccccc2)c(=O)c1Cl. The van der Waals surface area contributed by atoms with Crippen molar-refractivity contribution in [2.24, 2.45) is 0 Å². The molecule has 0 saturated carbocycles. The molecule has 0 unspecified atom stereocenters. The highest BCUT2D eigenvalue weighted by molar-refractivity contribution is 6.32. The van der Waals surface area contributed by atoms with Gasteiger partial charge in [-0.3, -0.25) is 4.79 Å². The second-order valence-electron chi connectivity index (χ2n) is 4.95. The van der Waals surface area contributed by atoms with Crippen LogP contribution in [0.4, 0.5) is 5.69 Å². The van der Waals surface area contributed by atoms with Crippen molar-refractivity contribution in [1.82, 2.24) is 9.78 Å². The number of rotatable bonds is 7. The maximum absolute atomic E-state index is 12.2. The van der Waals surface area contributed by atoms with Crippen molar-refractivity contribution in [2.75, 3.05) is 11.9 Å². The normalized spacial score (nSPS) is 10.6. The van der Waals surface area contributed by atoms with Crippen LogP contribution in [0.3, 0.4) is 0 Å². The highest BCUT2D eigenvalue weighted by atomic mass is 35.5. The minimum atomic E-state index is -0.263. The second kappa shape index (κ2) is 7.84. The number of benzene rings is 1. The second-order valence-corrected chi connectivity index (χ2v) is 5.33. The lowest BCUT2D eigenvalue weighted by Crippen LogP contribution is -2.25. The smallest absolute Gasteiger partial charge is 0.287 e. The van der Waals surface area contributed by atoms with Gasteiger partial charge in [-0.15, -0.1) is 0 Å². The number of nitrogens with zero attached hydrogens (tertiary/aromatic N) is 2. The van der Waals surface area contributed by atoms with Gasteiger partial charge in [0.15, 0.2) is 0 Å². The van der Waals surface area contributed by atoms with Gasteiger partial charge in [0, 0.05) is 6.54 Å². The van der Waals surface area contributed by atoms with E-state index in [4.69, 9.17) is 11.6 Å². The van der Waals surface area contributed by atoms with Crippen LogP contribution in [0.2, 0.25) is 5.02 Å². The lowest BCUT2D eigenvalue weighted by Gasteiger charge is -2.10. The van der Waals surface area contributed by atoms with E-state index in [0.717, 1.165) is 31.4 Å². The Morgan fingerprint density at radius 3 is 2.71 bits per heavy atom. The molecule has 112 valence electrons. The van der Waals surface area contributed by atoms with Gasteiger partial charge in [0.05, 0.1) is 18.4 Å². The first-order chi connectivity index (χ1) is 10.2. The van der Waals surface area contributed by atoms with Crippen LogP contribution in [0.25, 0.3) is 0 Å². The number of hydrogen-bond donors (Lipinski definition) is 1. The van der Waals surface area contributed by atoms with Crippen LogP contribution in [0, 0.1) is 0 Å². The highest BCUT2D eigenvalue weighted by Gasteiger charge is 2.09. The highest BCUT2D eigenvalue weighted by Crippen LogP contribution is 2.15. The van der Waals surface area contributed by atoms with Crippen LogP contribution < -0.4 is 10.9 Å². The molecule has 1 aromatic carbocycles. The van der Waals surface area contributed by atoms with Crippen molar-refractivity contribution in [3.63, 3.8) is 0 Å². The van der Waals surface area contributed by atoms with Crippen molar-refractivity contribution in [2.45, 2.75) is 32.7 Å². The van der Waals surface area contributed by atoms with Gasteiger partial charge in [0.1, 0.15) is 5.02 Å². The molecule has 1 heterocycles. The van der Waals surface area contributed by atoms with Gasteiger partial charge in [-0.25, -0.2) is 4.68 Å². The Hall–Kier alpha value is -1.81. The number of aromatic nitrogens is 2. The first-order valence-electron chi connectivity index (χ1n) is 7.25. The number of nitrogens with one attached hydrogen (secondary N) is 1. The average molecular weight is 306 g/mol. The van der Waals surface area contributed by atoms with E-state index in [0.29, 0.717) is 12.2 Å². The van der Waals surface area contributed by atoms with Crippen molar-refractivity contribution < 1.29 is 0 Å². The fourth-order valence-electron chi connectivity index (χ4n) is 2.06. The van der Waals surface area contributed by atoms with E-state index in [-0.39, 0.29) is 10.6 Å². The molecule has 0 fully saturated rings. The van der Waals surface area contributed by atoms with Gasteiger partial charge in [-0.05, 0) is 12.0 Å². The van der Waals surface area contributed by atoms with Crippen LogP contribution in [-0.2, 0) is 6.54 Å². The molecular weight excluding hydrogens is 286 g/mol. The molecule has 0 aliphatic heterocycles. The molecule has 0 amide bonds. The molecule has 0 aliphatic rings. The molecule has 21 heavy (non-hydrogen) atoms. The zero-order chi connectivity index (χ0) is 15.1. The summed E-state index contributed by atoms with van der Waals surface area (Å²) in [7, 11) is 0. The predicted molar refractivity (Wildman–Crippen MR) is 87.1 cm³/mol. The van der Waals surface area contributed by atoms with Crippen LogP contribution in [-0.4, -0.2) is 16.3 Å². The Morgan fingerprint density at radius 2 is 2.00 bits per heavy atom. The fraction of sp³-hybridized carbons (Fsp3) is 0.375. The van der Waals surface area contributed by atoms with Gasteiger partial charge in [-0.2, -0.15) is 5.10 Å². The predicted octanol–water partition coefficient (Wildman–Crippen LogP) is 3.55. The lowest BCUT2D eigenvalue weighted by molar-refractivity contribution is 0.639. The first kappa shape index (κ1) is 15.6. The number of anilines is 1. The Kier molecular flexibility index (Phi) is 5.81. The van der Waals surface area contributed by atoms with E-state index < -0.39 is 0 Å². The summed E-state index contributed by atoms with van der Waals surface area (Å²) in [5.41, 5.74) is 1.37. The topological polar surface area (TPSA) is 46.9 Å². The summed E-state index contributed by atoms with van der Waals surface area (Å²) < 4.78 is 1.38. The summed E-state index contributed by atoms with van der Waals surface area (Å²) in [6, 6.07) is 9.73. The maximum Gasteiger partial charge on any atom is 0.287 e. The van der Waals surface area contributed by atoms with Crippen LogP contribution in [0.5, 0.6) is 0 Å². The van der Waals surface area contributed by atoms with E-state index in [1.54, 1.807) is 6.20 Å². The Bertz CT molecular complexity index is 625. The molecule has 2 rings (SSSR count). The van der Waals surface area contributed by atoms with Gasteiger partial charge < -0.3 is 5.32 Å². The Morgan fingerprint density at radius 1 is 1.24 bits per heavy atom. The summed E-state index contributed by atoms with van der Waals surface area (Å²) in [6.45, 7) is 3.38. The molecule has 1 aromatic heterocycles. The van der Waals surface area contributed by atoms with Gasteiger partial charge in [-0.1, -0.05) is 61.7 Å². The quantitative estimate of drug-likeness (QED) is 0.796. The minimum Gasteiger partial charge on any atom is -0.382 e. The molecule has 1 N–H and O–H groups in total. The molecule has 0 saturated heterocycles. The molecule has 5 heteroatoms. The molecule has 0 bridgehead atoms. The molecule has 2 aromatic rings. The van der Waals surface area contributed by atoms with E-state index in [1.165, 1.54) is 4.68 Å². The maximum atomic E-state index is 12.2. The molecular formula is C16H20ClN3O. The zero-order valence-electron chi connectivity index (χ0n) is 12.2. The van der Waals surface area contributed by atoms with E-state index in [2.05, 4.69) is 17.3 Å². The van der Waals surface area contributed by atoms with Crippen molar-refractivity contribution in [1.29, 1.82) is 0 Å². The summed E-state index contributed by atoms with van der Waals surface area (Å²) in [6.07, 6.45) is 4.99. The van der Waals surface area contributed by atoms with Crippen molar-refractivity contribution in [3.8, 4) is 0 Å². The molecule has 0 spiro atoms. The summed E-state index contributed by atoms with van der Waals surface area (Å²) in [5.74, 6) is 0. The van der Waals surface area contributed by atoms with E-state index in [1.807, 2.05) is 30.3 Å². The first-order valence-corrected chi connectivity index (χ1v) is 7.63. The standard InChI is InChI=1S/C16H20ClN3O/c1-2-3-7-10-18-14-11-19-20(16(21)15(14)17)12-13-8-5-4-6-9-13/h4-6,8-9,11,18H,2-3,7,10,12H2,1H3. The Labute approximate surface area is 129 Å². The Balaban J connectivity index is 2.08. The molecule has 0 atom stereocenters.